The highest BCUT2D eigenvalue weighted by molar-refractivity contribution is 9.12. The zero-order valence-corrected chi connectivity index (χ0v) is 12.8. The molecule has 0 aliphatic heterocycles. The van der Waals surface area contributed by atoms with E-state index in [1.165, 1.54) is 6.42 Å². The van der Waals surface area contributed by atoms with Gasteiger partial charge in [0.15, 0.2) is 0 Å². The van der Waals surface area contributed by atoms with Gasteiger partial charge in [-0.1, -0.05) is 29.6 Å². The molecule has 1 aliphatic rings. The molecule has 5 heteroatoms. The average molecular weight is 348 g/mol. The summed E-state index contributed by atoms with van der Waals surface area (Å²) in [5.74, 6) is 0.494. The lowest BCUT2D eigenvalue weighted by molar-refractivity contribution is 0.365. The Bertz CT molecular complexity index is 487. The van der Waals surface area contributed by atoms with Gasteiger partial charge in [-0.25, -0.2) is 0 Å². The van der Waals surface area contributed by atoms with Crippen LogP contribution in [0.4, 0.5) is 5.69 Å². The highest BCUT2D eigenvalue weighted by atomic mass is 79.9. The highest BCUT2D eigenvalue weighted by Crippen LogP contribution is 2.33. The molecule has 2 rings (SSSR count). The minimum Gasteiger partial charge on any atom is -0.401 e. The van der Waals surface area contributed by atoms with Crippen molar-refractivity contribution in [3.05, 3.63) is 38.4 Å². The van der Waals surface area contributed by atoms with Crippen molar-refractivity contribution in [1.29, 1.82) is 0 Å². The first kappa shape index (κ1) is 13.9. The lowest BCUT2D eigenvalue weighted by atomic mass is 9.83. The summed E-state index contributed by atoms with van der Waals surface area (Å²) in [6.07, 6.45) is 5.29. The maximum Gasteiger partial charge on any atom is 0.0659 e. The van der Waals surface area contributed by atoms with E-state index in [9.17, 15) is 0 Å². The number of nitrogens with two attached hydrogens (primary N) is 1. The number of benzene rings is 1. The Balaban J connectivity index is 2.14. The van der Waals surface area contributed by atoms with Gasteiger partial charge in [-0.2, -0.15) is 0 Å². The number of halogens is 3. The van der Waals surface area contributed by atoms with E-state index in [4.69, 9.17) is 28.9 Å². The van der Waals surface area contributed by atoms with Crippen LogP contribution in [0.1, 0.15) is 19.3 Å². The standard InChI is InChI=1S/C13H13BrCl2N2/c14-12(13(17)8-2-1-3-8)7-18-11-5-9(15)4-10(16)6-11/h4-8H,1-3,17H2. The predicted molar refractivity (Wildman–Crippen MR) is 82.1 cm³/mol. The molecule has 2 nitrogen and oxygen atoms in total. The van der Waals surface area contributed by atoms with E-state index in [0.717, 1.165) is 23.0 Å². The van der Waals surface area contributed by atoms with E-state index >= 15 is 0 Å². The number of hydrogen-bond acceptors (Lipinski definition) is 2. The molecular weight excluding hydrogens is 335 g/mol. The SMILES string of the molecule is NC(=C(Br)C=Nc1cc(Cl)cc(Cl)c1)C1CCC1. The zero-order valence-electron chi connectivity index (χ0n) is 9.67. The van der Waals surface area contributed by atoms with Crippen LogP contribution in [0.15, 0.2) is 33.4 Å². The molecule has 0 bridgehead atoms. The molecule has 1 aliphatic carbocycles. The fourth-order valence-corrected chi connectivity index (χ4v) is 2.67. The Hall–Kier alpha value is -0.510. The Kier molecular flexibility index (Phi) is 4.71. The first-order valence-corrected chi connectivity index (χ1v) is 7.26. The molecule has 2 N–H and O–H groups in total. The highest BCUT2D eigenvalue weighted by Gasteiger charge is 2.21. The average Bonchev–Trinajstić information content (AvgIpc) is 2.22. The third-order valence-electron chi connectivity index (χ3n) is 3.00. The van der Waals surface area contributed by atoms with Crippen LogP contribution in [0, 0.1) is 5.92 Å². The number of hydrogen-bond donors (Lipinski definition) is 1. The predicted octanol–water partition coefficient (Wildman–Crippen LogP) is 5.06. The van der Waals surface area contributed by atoms with E-state index < -0.39 is 0 Å². The number of allylic oxidation sites excluding steroid dienone is 2. The van der Waals surface area contributed by atoms with Crippen molar-refractivity contribution < 1.29 is 0 Å². The Morgan fingerprint density at radius 1 is 1.28 bits per heavy atom. The molecular formula is C13H13BrCl2N2. The van der Waals surface area contributed by atoms with Crippen molar-refractivity contribution in [2.24, 2.45) is 16.6 Å². The van der Waals surface area contributed by atoms with Gasteiger partial charge in [0.2, 0.25) is 0 Å². The molecule has 1 aromatic rings. The molecule has 0 saturated heterocycles. The minimum atomic E-state index is 0.494. The third kappa shape index (κ3) is 3.50. The van der Waals surface area contributed by atoms with Crippen LogP contribution in [0.3, 0.4) is 0 Å². The smallest absolute Gasteiger partial charge is 0.0659 e. The summed E-state index contributed by atoms with van der Waals surface area (Å²) in [6.45, 7) is 0. The van der Waals surface area contributed by atoms with Crippen molar-refractivity contribution in [3.63, 3.8) is 0 Å². The van der Waals surface area contributed by atoms with Crippen molar-refractivity contribution in [2.45, 2.75) is 19.3 Å². The van der Waals surface area contributed by atoms with Gasteiger partial charge in [-0.15, -0.1) is 0 Å². The topological polar surface area (TPSA) is 38.4 Å². The molecule has 0 unspecified atom stereocenters. The summed E-state index contributed by atoms with van der Waals surface area (Å²) in [7, 11) is 0. The third-order valence-corrected chi connectivity index (χ3v) is 4.09. The summed E-state index contributed by atoms with van der Waals surface area (Å²) >= 11 is 15.3. The maximum atomic E-state index is 6.04. The van der Waals surface area contributed by atoms with Crippen molar-refractivity contribution in [1.82, 2.24) is 0 Å². The molecule has 0 atom stereocenters. The second kappa shape index (κ2) is 6.09. The van der Waals surface area contributed by atoms with Crippen LogP contribution in [-0.2, 0) is 0 Å². The molecule has 1 fully saturated rings. The summed E-state index contributed by atoms with van der Waals surface area (Å²) in [5, 5.41) is 1.14. The van der Waals surface area contributed by atoms with Crippen molar-refractivity contribution in [3.8, 4) is 0 Å². The van der Waals surface area contributed by atoms with Crippen LogP contribution in [0.5, 0.6) is 0 Å². The van der Waals surface area contributed by atoms with E-state index in [-0.39, 0.29) is 0 Å². The van der Waals surface area contributed by atoms with E-state index in [2.05, 4.69) is 20.9 Å². The summed E-state index contributed by atoms with van der Waals surface area (Å²) < 4.78 is 0.836. The van der Waals surface area contributed by atoms with Gasteiger partial charge in [-0.3, -0.25) is 4.99 Å². The lowest BCUT2D eigenvalue weighted by Gasteiger charge is -2.26. The van der Waals surface area contributed by atoms with Gasteiger partial charge >= 0.3 is 0 Å². The van der Waals surface area contributed by atoms with E-state index in [0.29, 0.717) is 21.7 Å². The number of rotatable bonds is 3. The van der Waals surface area contributed by atoms with Gasteiger partial charge in [0.25, 0.3) is 0 Å². The number of nitrogens with zero attached hydrogens (tertiary/aromatic N) is 1. The second-order valence-electron chi connectivity index (χ2n) is 4.32. The summed E-state index contributed by atoms with van der Waals surface area (Å²) in [6, 6.07) is 5.18. The molecule has 0 radical (unpaired) electrons. The van der Waals surface area contributed by atoms with Crippen LogP contribution < -0.4 is 5.73 Å². The molecule has 0 spiro atoms. The van der Waals surface area contributed by atoms with Crippen molar-refractivity contribution in [2.75, 3.05) is 0 Å². The van der Waals surface area contributed by atoms with Gasteiger partial charge < -0.3 is 5.73 Å². The van der Waals surface area contributed by atoms with Crippen LogP contribution >= 0.6 is 39.1 Å². The van der Waals surface area contributed by atoms with Crippen LogP contribution in [-0.4, -0.2) is 6.21 Å². The molecule has 96 valence electrons. The Morgan fingerprint density at radius 2 is 1.89 bits per heavy atom. The van der Waals surface area contributed by atoms with Gasteiger partial charge in [-0.05, 0) is 52.9 Å². The summed E-state index contributed by atoms with van der Waals surface area (Å²) in [5.41, 5.74) is 7.62. The normalized spacial score (nSPS) is 17.7. The van der Waals surface area contributed by atoms with E-state index in [1.54, 1.807) is 24.4 Å². The monoisotopic (exact) mass is 346 g/mol. The number of aliphatic imine (C=N–C) groups is 1. The maximum absolute atomic E-state index is 6.04. The second-order valence-corrected chi connectivity index (χ2v) is 6.04. The first-order chi connectivity index (χ1) is 8.56. The van der Waals surface area contributed by atoms with Gasteiger partial charge in [0.1, 0.15) is 0 Å². The molecule has 1 saturated carbocycles. The quantitative estimate of drug-likeness (QED) is 0.762. The fourth-order valence-electron chi connectivity index (χ4n) is 1.73. The Morgan fingerprint density at radius 3 is 2.39 bits per heavy atom. The fraction of sp³-hybridized carbons (Fsp3) is 0.308. The Labute approximate surface area is 125 Å². The molecule has 18 heavy (non-hydrogen) atoms. The van der Waals surface area contributed by atoms with Gasteiger partial charge in [0, 0.05) is 22.0 Å². The molecule has 0 amide bonds. The first-order valence-electron chi connectivity index (χ1n) is 5.71. The molecule has 0 heterocycles. The minimum absolute atomic E-state index is 0.494. The van der Waals surface area contributed by atoms with Crippen LogP contribution in [0.2, 0.25) is 10.0 Å². The summed E-state index contributed by atoms with van der Waals surface area (Å²) in [4.78, 5) is 4.31. The zero-order chi connectivity index (χ0) is 13.1. The largest absolute Gasteiger partial charge is 0.401 e. The van der Waals surface area contributed by atoms with Crippen molar-refractivity contribution >= 4 is 51.0 Å². The van der Waals surface area contributed by atoms with E-state index in [1.807, 2.05) is 0 Å². The molecule has 0 aromatic heterocycles. The van der Waals surface area contributed by atoms with Crippen LogP contribution in [0.25, 0.3) is 0 Å². The lowest BCUT2D eigenvalue weighted by Crippen LogP contribution is -2.20. The van der Waals surface area contributed by atoms with Gasteiger partial charge in [0.05, 0.1) is 10.2 Å². The molecule has 1 aromatic carbocycles.